The first-order chi connectivity index (χ1) is 15.7. The van der Waals surface area contributed by atoms with Crippen LogP contribution >= 0.6 is 0 Å². The summed E-state index contributed by atoms with van der Waals surface area (Å²) >= 11 is 0. The van der Waals surface area contributed by atoms with Gasteiger partial charge in [-0.05, 0) is 18.9 Å². The number of nitrogens with one attached hydrogen (secondary N) is 3. The summed E-state index contributed by atoms with van der Waals surface area (Å²) < 4.78 is 29.0. The van der Waals surface area contributed by atoms with Crippen LogP contribution in [0.3, 0.4) is 0 Å². The number of imide groups is 1. The highest BCUT2D eigenvalue weighted by atomic mass is 32.2. The molecule has 4 heterocycles. The van der Waals surface area contributed by atoms with Crippen molar-refractivity contribution in [2.75, 3.05) is 50.5 Å². The summed E-state index contributed by atoms with van der Waals surface area (Å²) in [5.74, 6) is 0.432. The second-order valence-corrected chi connectivity index (χ2v) is 10.4. The molecule has 2 aliphatic heterocycles. The van der Waals surface area contributed by atoms with Gasteiger partial charge in [-0.25, -0.2) is 4.79 Å². The lowest BCUT2D eigenvalue weighted by Crippen LogP contribution is -2.52. The first-order valence-corrected chi connectivity index (χ1v) is 11.9. The van der Waals surface area contributed by atoms with Crippen LogP contribution in [0.5, 0.6) is 0 Å². The Labute approximate surface area is 189 Å². The van der Waals surface area contributed by atoms with Crippen molar-refractivity contribution in [2.45, 2.75) is 18.9 Å². The zero-order valence-corrected chi connectivity index (χ0v) is 19.0. The Morgan fingerprint density at radius 2 is 1.85 bits per heavy atom. The van der Waals surface area contributed by atoms with Gasteiger partial charge in [-0.2, -0.15) is 36.6 Å². The van der Waals surface area contributed by atoms with Crippen LogP contribution in [0.15, 0.2) is 11.9 Å². The highest BCUT2D eigenvalue weighted by Gasteiger charge is 2.31. The van der Waals surface area contributed by atoms with Gasteiger partial charge in [0.05, 0.1) is 6.20 Å². The number of hydrogen-bond donors (Lipinski definition) is 3. The Balaban J connectivity index is 1.47. The minimum Gasteiger partial charge on any atom is -0.351 e. The summed E-state index contributed by atoms with van der Waals surface area (Å²) in [6, 6.07) is -0.274. The highest BCUT2D eigenvalue weighted by Crippen LogP contribution is 2.27. The summed E-state index contributed by atoms with van der Waals surface area (Å²) in [7, 11) is -0.462. The van der Waals surface area contributed by atoms with Gasteiger partial charge in [-0.15, -0.1) is 0 Å². The van der Waals surface area contributed by atoms with Crippen molar-refractivity contribution in [3.05, 3.63) is 17.5 Å². The molecular formula is C18H24N10O4S. The maximum absolute atomic E-state index is 12.4. The molecule has 3 N–H and O–H groups in total. The zero-order valence-electron chi connectivity index (χ0n) is 18.1. The number of urea groups is 1. The van der Waals surface area contributed by atoms with Crippen LogP contribution in [0, 0.1) is 0 Å². The van der Waals surface area contributed by atoms with E-state index in [4.69, 9.17) is 0 Å². The third-order valence-electron chi connectivity index (χ3n) is 5.62. The van der Waals surface area contributed by atoms with Crippen LogP contribution in [0.4, 0.5) is 16.7 Å². The molecule has 3 fully saturated rings. The fraction of sp³-hybridized carbons (Fsp3) is 0.500. The van der Waals surface area contributed by atoms with Crippen molar-refractivity contribution in [2.24, 2.45) is 0 Å². The van der Waals surface area contributed by atoms with Crippen molar-refractivity contribution < 1.29 is 18.0 Å². The molecule has 3 aliphatic rings. The normalized spacial score (nSPS) is 21.2. The summed E-state index contributed by atoms with van der Waals surface area (Å²) in [4.78, 5) is 34.6. The van der Waals surface area contributed by atoms with Gasteiger partial charge in [0.1, 0.15) is 5.70 Å². The molecule has 5 rings (SSSR count). The van der Waals surface area contributed by atoms with Gasteiger partial charge < -0.3 is 15.5 Å². The molecule has 33 heavy (non-hydrogen) atoms. The average Bonchev–Trinajstić information content (AvgIpc) is 3.41. The van der Waals surface area contributed by atoms with Crippen molar-refractivity contribution >= 4 is 45.8 Å². The second-order valence-electron chi connectivity index (χ2n) is 8.24. The minimum absolute atomic E-state index is 0.106. The zero-order chi connectivity index (χ0) is 23.3. The van der Waals surface area contributed by atoms with Crippen LogP contribution < -0.4 is 20.9 Å². The van der Waals surface area contributed by atoms with Crippen LogP contribution in [-0.4, -0.2) is 94.9 Å². The van der Waals surface area contributed by atoms with Crippen molar-refractivity contribution in [3.8, 4) is 0 Å². The molecule has 3 amide bonds. The number of anilines is 2. The molecule has 15 heteroatoms. The SMILES string of the molecule is CN(C)S(=O)(=O)N1CCN(c2nc(NC3CC3)n3ncc(/C=C4\NC(=O)NC4=O)c3n2)CC1. The van der Waals surface area contributed by atoms with Gasteiger partial charge in [-0.1, -0.05) is 0 Å². The predicted octanol–water partition coefficient (Wildman–Crippen LogP) is -1.19. The van der Waals surface area contributed by atoms with E-state index in [0.29, 0.717) is 55.3 Å². The molecule has 2 aromatic rings. The van der Waals surface area contributed by atoms with Crippen LogP contribution in [0.1, 0.15) is 18.4 Å². The second kappa shape index (κ2) is 7.93. The Morgan fingerprint density at radius 3 is 2.45 bits per heavy atom. The lowest BCUT2D eigenvalue weighted by Gasteiger charge is -2.35. The van der Waals surface area contributed by atoms with Gasteiger partial charge in [0.2, 0.25) is 11.9 Å². The van der Waals surface area contributed by atoms with Gasteiger partial charge in [0, 0.05) is 51.9 Å². The summed E-state index contributed by atoms with van der Waals surface area (Å²) in [5, 5.41) is 12.3. The number of amides is 3. The van der Waals surface area contributed by atoms with E-state index in [1.54, 1.807) is 10.7 Å². The number of carbonyl (C=O) groups excluding carboxylic acids is 2. The molecule has 2 saturated heterocycles. The summed E-state index contributed by atoms with van der Waals surface area (Å²) in [6.07, 6.45) is 5.14. The number of rotatable bonds is 6. The number of aromatic nitrogens is 4. The number of carbonyl (C=O) groups is 2. The van der Waals surface area contributed by atoms with Gasteiger partial charge in [-0.3, -0.25) is 10.1 Å². The van der Waals surface area contributed by atoms with Gasteiger partial charge >= 0.3 is 6.03 Å². The van der Waals surface area contributed by atoms with Crippen LogP contribution in [-0.2, 0) is 15.0 Å². The van der Waals surface area contributed by atoms with E-state index >= 15 is 0 Å². The number of nitrogens with zero attached hydrogens (tertiary/aromatic N) is 7. The third-order valence-corrected chi connectivity index (χ3v) is 7.56. The summed E-state index contributed by atoms with van der Waals surface area (Å²) in [6.45, 7) is 1.47. The Kier molecular flexibility index (Phi) is 5.18. The molecule has 1 saturated carbocycles. The lowest BCUT2D eigenvalue weighted by atomic mass is 10.2. The van der Waals surface area contributed by atoms with E-state index < -0.39 is 22.1 Å². The van der Waals surface area contributed by atoms with E-state index in [1.807, 2.05) is 4.90 Å². The molecule has 0 bridgehead atoms. The van der Waals surface area contributed by atoms with Crippen molar-refractivity contribution in [1.82, 2.24) is 38.8 Å². The first kappa shape index (κ1) is 21.5. The third kappa shape index (κ3) is 4.09. The molecule has 176 valence electrons. The van der Waals surface area contributed by atoms with Gasteiger partial charge in [0.15, 0.2) is 5.65 Å². The molecule has 0 atom stereocenters. The maximum Gasteiger partial charge on any atom is 0.326 e. The Hall–Kier alpha value is -3.30. The number of hydrogen-bond acceptors (Lipinski definition) is 9. The Bertz CT molecular complexity index is 1260. The molecule has 1 aliphatic carbocycles. The lowest BCUT2D eigenvalue weighted by molar-refractivity contribution is -0.115. The van der Waals surface area contributed by atoms with Crippen molar-refractivity contribution in [3.63, 3.8) is 0 Å². The quantitative estimate of drug-likeness (QED) is 0.344. The monoisotopic (exact) mass is 476 g/mol. The molecule has 14 nitrogen and oxygen atoms in total. The molecule has 0 unspecified atom stereocenters. The molecule has 0 aromatic carbocycles. The van der Waals surface area contributed by atoms with Crippen molar-refractivity contribution in [1.29, 1.82) is 0 Å². The Morgan fingerprint density at radius 1 is 1.12 bits per heavy atom. The maximum atomic E-state index is 12.4. The van der Waals surface area contributed by atoms with E-state index in [9.17, 15) is 18.0 Å². The fourth-order valence-corrected chi connectivity index (χ4v) is 4.70. The molecule has 0 radical (unpaired) electrons. The standard InChI is InChI=1S/C18H24N10O4S/c1-25(2)33(31,32)27-7-5-26(6-8-27)16-22-14-11(9-13-15(29)23-18(30)21-13)10-19-28(14)17(24-16)20-12-3-4-12/h9-10,12H,3-8H2,1-2H3,(H,20,22,24)(H2,21,23,29,30)/b13-9-. The smallest absolute Gasteiger partial charge is 0.326 e. The average molecular weight is 477 g/mol. The van der Waals surface area contributed by atoms with E-state index in [-0.39, 0.29) is 5.70 Å². The first-order valence-electron chi connectivity index (χ1n) is 10.5. The molecular weight excluding hydrogens is 452 g/mol. The minimum atomic E-state index is -3.48. The van der Waals surface area contributed by atoms with Crippen LogP contribution in [0.2, 0.25) is 0 Å². The number of piperazine rings is 1. The van der Waals surface area contributed by atoms with Gasteiger partial charge in [0.25, 0.3) is 16.1 Å². The fourth-order valence-electron chi connectivity index (χ4n) is 3.62. The van der Waals surface area contributed by atoms with E-state index in [1.165, 1.54) is 28.8 Å². The highest BCUT2D eigenvalue weighted by molar-refractivity contribution is 7.86. The van der Waals surface area contributed by atoms with E-state index in [2.05, 4.69) is 31.0 Å². The topological polar surface area (TPSA) is 157 Å². The largest absolute Gasteiger partial charge is 0.351 e. The molecule has 2 aromatic heterocycles. The molecule has 0 spiro atoms. The van der Waals surface area contributed by atoms with Crippen LogP contribution in [0.25, 0.3) is 11.7 Å². The predicted molar refractivity (Wildman–Crippen MR) is 118 cm³/mol. The number of fused-ring (bicyclic) bond motifs is 1. The summed E-state index contributed by atoms with van der Waals surface area (Å²) in [5.41, 5.74) is 1.11. The van der Waals surface area contributed by atoms with E-state index in [0.717, 1.165) is 12.8 Å².